The zero-order valence-electron chi connectivity index (χ0n) is 28.7. The second kappa shape index (κ2) is 13.4. The van der Waals surface area contributed by atoms with E-state index in [0.29, 0.717) is 29.7 Å². The van der Waals surface area contributed by atoms with Crippen molar-refractivity contribution < 1.29 is 33.3 Å². The highest BCUT2D eigenvalue weighted by Gasteiger charge is 2.57. The number of hydrogen-bond donors (Lipinski definition) is 1. The summed E-state index contributed by atoms with van der Waals surface area (Å²) in [5.41, 5.74) is 4.14. The third-order valence-corrected chi connectivity index (χ3v) is 11.3. The van der Waals surface area contributed by atoms with Gasteiger partial charge in [0.2, 0.25) is 6.79 Å². The lowest BCUT2D eigenvalue weighted by atomic mass is 9.47. The molecule has 1 heterocycles. The van der Waals surface area contributed by atoms with Crippen LogP contribution in [0.25, 0.3) is 5.57 Å². The van der Waals surface area contributed by atoms with Gasteiger partial charge in [-0.1, -0.05) is 68.0 Å². The first-order chi connectivity index (χ1) is 22.9. The van der Waals surface area contributed by atoms with E-state index in [1.807, 2.05) is 18.5 Å². The molecule has 9 nitrogen and oxygen atoms in total. The van der Waals surface area contributed by atoms with Crippen LogP contribution in [0.1, 0.15) is 96.7 Å². The van der Waals surface area contributed by atoms with Crippen molar-refractivity contribution in [3.05, 3.63) is 83.7 Å². The predicted octanol–water partition coefficient (Wildman–Crippen LogP) is 8.33. The zero-order valence-corrected chi connectivity index (χ0v) is 28.7. The maximum absolute atomic E-state index is 13.0. The van der Waals surface area contributed by atoms with Crippen molar-refractivity contribution >= 4 is 23.8 Å². The summed E-state index contributed by atoms with van der Waals surface area (Å²) in [5.74, 6) is 1.07. The van der Waals surface area contributed by atoms with Gasteiger partial charge in [0.05, 0.1) is 0 Å². The molecule has 0 bridgehead atoms. The first-order valence-electron chi connectivity index (χ1n) is 17.2. The maximum Gasteiger partial charge on any atom is 0.511 e. The fraction of sp³-hybridized carbons (Fsp3) is 0.538. The number of aromatic nitrogens is 1. The standard InChI is InChI=1S/C39H48N2O7/c1-37(2,3)48-35(43)41-33(25-10-7-6-8-11-25)34(42)45-24-46-36(44)47-28-17-19-38(4)27(22-28)13-14-29-31-16-15-30(26-12-9-21-40-23-26)39(31,5)20-18-32(29)38/h6-13,15,21,23,28-29,31-33H,14,16-20,22,24H2,1-5H3,(H,41,43)/t28-,29-,31-,32-,33+,38-,39+/m0/s1. The quantitative estimate of drug-likeness (QED) is 0.137. The Morgan fingerprint density at radius 1 is 0.938 bits per heavy atom. The van der Waals surface area contributed by atoms with Crippen molar-refractivity contribution in [3.63, 3.8) is 0 Å². The van der Waals surface area contributed by atoms with Gasteiger partial charge in [-0.25, -0.2) is 14.4 Å². The van der Waals surface area contributed by atoms with Crippen LogP contribution in [0.2, 0.25) is 0 Å². The lowest BCUT2D eigenvalue weighted by molar-refractivity contribution is -0.156. The number of benzene rings is 1. The first kappa shape index (κ1) is 33.7. The third kappa shape index (κ3) is 6.87. The molecule has 9 heteroatoms. The lowest BCUT2D eigenvalue weighted by Crippen LogP contribution is -2.50. The summed E-state index contributed by atoms with van der Waals surface area (Å²) in [4.78, 5) is 42.5. The molecular formula is C39H48N2O7. The molecule has 0 aliphatic heterocycles. The Balaban J connectivity index is 1.02. The minimum absolute atomic E-state index is 0.0915. The summed E-state index contributed by atoms with van der Waals surface area (Å²) in [7, 11) is 0. The number of ether oxygens (including phenoxy) is 4. The number of allylic oxidation sites excluding steroid dienone is 3. The Kier molecular flexibility index (Phi) is 9.42. The van der Waals surface area contributed by atoms with E-state index >= 15 is 0 Å². The topological polar surface area (TPSA) is 113 Å². The number of carbonyl (C=O) groups is 3. The smallest absolute Gasteiger partial charge is 0.444 e. The van der Waals surface area contributed by atoms with Gasteiger partial charge in [0.1, 0.15) is 11.7 Å². The molecule has 4 aliphatic rings. The molecule has 4 aliphatic carbocycles. The molecule has 7 atom stereocenters. The van der Waals surface area contributed by atoms with Crippen LogP contribution in [0.3, 0.4) is 0 Å². The van der Waals surface area contributed by atoms with Gasteiger partial charge in [-0.15, -0.1) is 0 Å². The van der Waals surface area contributed by atoms with Crippen LogP contribution < -0.4 is 5.32 Å². The number of rotatable bonds is 7. The van der Waals surface area contributed by atoms with E-state index in [1.165, 1.54) is 29.6 Å². The molecule has 1 N–H and O–H groups in total. The second-order valence-corrected chi connectivity index (χ2v) is 15.3. The Labute approximate surface area is 283 Å². The number of fused-ring (bicyclic) bond motifs is 5. The largest absolute Gasteiger partial charge is 0.511 e. The summed E-state index contributed by atoms with van der Waals surface area (Å²) >= 11 is 0. The number of pyridine rings is 1. The summed E-state index contributed by atoms with van der Waals surface area (Å²) in [6, 6.07) is 11.8. The Bertz CT molecular complexity index is 1570. The van der Waals surface area contributed by atoms with Crippen molar-refractivity contribution in [1.82, 2.24) is 10.3 Å². The number of nitrogens with one attached hydrogen (secondary N) is 1. The molecule has 1 amide bonds. The van der Waals surface area contributed by atoms with Crippen LogP contribution in [-0.2, 0) is 23.7 Å². The Morgan fingerprint density at radius 2 is 1.71 bits per heavy atom. The summed E-state index contributed by atoms with van der Waals surface area (Å²) < 4.78 is 21.4. The fourth-order valence-electron chi connectivity index (χ4n) is 9.00. The minimum Gasteiger partial charge on any atom is -0.444 e. The first-order valence-corrected chi connectivity index (χ1v) is 17.2. The number of hydrogen-bond acceptors (Lipinski definition) is 8. The molecule has 0 unspecified atom stereocenters. The number of nitrogens with zero attached hydrogens (tertiary/aromatic N) is 1. The molecule has 1 aromatic heterocycles. The highest BCUT2D eigenvalue weighted by molar-refractivity contribution is 5.83. The summed E-state index contributed by atoms with van der Waals surface area (Å²) in [6.07, 6.45) is 13.7. The summed E-state index contributed by atoms with van der Waals surface area (Å²) in [5, 5.41) is 2.55. The van der Waals surface area contributed by atoms with Crippen molar-refractivity contribution in [2.24, 2.45) is 28.6 Å². The highest BCUT2D eigenvalue weighted by Crippen LogP contribution is 2.66. The number of amides is 1. The van der Waals surface area contributed by atoms with Gasteiger partial charge in [-0.05, 0) is 111 Å². The fourth-order valence-corrected chi connectivity index (χ4v) is 9.00. The monoisotopic (exact) mass is 656 g/mol. The minimum atomic E-state index is -1.14. The molecule has 6 rings (SSSR count). The van der Waals surface area contributed by atoms with Gasteiger partial charge < -0.3 is 24.3 Å². The highest BCUT2D eigenvalue weighted by atomic mass is 16.8. The molecule has 0 radical (unpaired) electrons. The van der Waals surface area contributed by atoms with Crippen molar-refractivity contribution in [3.8, 4) is 0 Å². The van der Waals surface area contributed by atoms with Gasteiger partial charge in [-0.2, -0.15) is 0 Å². The molecule has 256 valence electrons. The van der Waals surface area contributed by atoms with Gasteiger partial charge in [-0.3, -0.25) is 4.98 Å². The molecule has 2 aromatic rings. The number of carbonyl (C=O) groups excluding carboxylic acids is 3. The van der Waals surface area contributed by atoms with E-state index in [4.69, 9.17) is 18.9 Å². The SMILES string of the molecule is CC(C)(C)OC(=O)N[C@@H](C(=O)OCOC(=O)O[C@H]1CC[C@@]2(C)C(=CC[C@@H]3[C@@H]2CC[C@]2(C)C(c4cccnc4)=CC[C@@H]32)C1)c1ccccc1. The molecule has 0 saturated heterocycles. The van der Waals surface area contributed by atoms with Crippen LogP contribution in [-0.4, -0.2) is 41.7 Å². The van der Waals surface area contributed by atoms with E-state index in [2.05, 4.69) is 42.4 Å². The van der Waals surface area contributed by atoms with Crippen molar-refractivity contribution in [2.45, 2.75) is 97.3 Å². The van der Waals surface area contributed by atoms with Crippen molar-refractivity contribution in [2.75, 3.05) is 6.79 Å². The average Bonchev–Trinajstić information content (AvgIpc) is 3.41. The van der Waals surface area contributed by atoms with Crippen molar-refractivity contribution in [1.29, 1.82) is 0 Å². The molecule has 2 saturated carbocycles. The molecule has 0 spiro atoms. The number of alkyl carbamates (subject to hydrolysis) is 1. The average molecular weight is 657 g/mol. The maximum atomic E-state index is 13.0. The number of esters is 1. The van der Waals surface area contributed by atoms with Gasteiger partial charge in [0.25, 0.3) is 0 Å². The predicted molar refractivity (Wildman–Crippen MR) is 180 cm³/mol. The van der Waals surface area contributed by atoms with E-state index in [0.717, 1.165) is 25.7 Å². The van der Waals surface area contributed by atoms with Gasteiger partial charge >= 0.3 is 18.2 Å². The lowest BCUT2D eigenvalue weighted by Gasteiger charge is -2.57. The normalized spacial score (nSPS) is 29.9. The third-order valence-electron chi connectivity index (χ3n) is 11.3. The zero-order chi connectivity index (χ0) is 34.1. The van der Waals surface area contributed by atoms with Crippen LogP contribution >= 0.6 is 0 Å². The van der Waals surface area contributed by atoms with E-state index in [-0.39, 0.29) is 16.9 Å². The van der Waals surface area contributed by atoms with Crippen LogP contribution in [0.15, 0.2) is 72.6 Å². The van der Waals surface area contributed by atoms with Gasteiger partial charge in [0, 0.05) is 18.8 Å². The van der Waals surface area contributed by atoms with Gasteiger partial charge in [0.15, 0.2) is 6.04 Å². The van der Waals surface area contributed by atoms with E-state index in [9.17, 15) is 14.4 Å². The van der Waals surface area contributed by atoms with E-state index in [1.54, 1.807) is 51.1 Å². The Morgan fingerprint density at radius 3 is 2.44 bits per heavy atom. The van der Waals surface area contributed by atoms with E-state index < -0.39 is 36.7 Å². The van der Waals surface area contributed by atoms with Crippen LogP contribution in [0.5, 0.6) is 0 Å². The van der Waals surface area contributed by atoms with Crippen LogP contribution in [0.4, 0.5) is 9.59 Å². The molecule has 2 fully saturated rings. The Hall–Kier alpha value is -4.14. The molecular weight excluding hydrogens is 608 g/mol. The second-order valence-electron chi connectivity index (χ2n) is 15.3. The molecule has 1 aromatic carbocycles. The van der Waals surface area contributed by atoms with Crippen LogP contribution in [0, 0.1) is 28.6 Å². The molecule has 48 heavy (non-hydrogen) atoms. The summed E-state index contributed by atoms with van der Waals surface area (Å²) in [6.45, 7) is 9.44.